The molecule has 1 saturated carbocycles. The van der Waals surface area contributed by atoms with Crippen molar-refractivity contribution in [3.05, 3.63) is 77.2 Å². The third kappa shape index (κ3) is 6.74. The number of pyridine rings is 1. The normalized spacial score (nSPS) is 20.8. The number of aromatic nitrogens is 1. The van der Waals surface area contributed by atoms with Crippen LogP contribution >= 0.6 is 0 Å². The molecule has 1 aliphatic carbocycles. The summed E-state index contributed by atoms with van der Waals surface area (Å²) in [5.74, 6) is -1.39. The molecule has 0 spiro atoms. The zero-order chi connectivity index (χ0) is 30.8. The molecule has 10 heteroatoms. The molecule has 2 N–H and O–H groups in total. The van der Waals surface area contributed by atoms with Crippen LogP contribution in [-0.4, -0.2) is 66.0 Å². The number of carbonyl (C=O) groups excluding carboxylic acids is 3. The molecule has 3 aromatic rings. The van der Waals surface area contributed by atoms with E-state index in [9.17, 15) is 23.2 Å². The first-order valence-corrected chi connectivity index (χ1v) is 15.4. The quantitative estimate of drug-likeness (QED) is 0.362. The number of anilines is 1. The summed E-state index contributed by atoms with van der Waals surface area (Å²) >= 11 is 0. The smallest absolute Gasteiger partial charge is 0.270 e. The Bertz CT molecular complexity index is 1600. The van der Waals surface area contributed by atoms with E-state index in [1.54, 1.807) is 6.07 Å². The van der Waals surface area contributed by atoms with E-state index in [-0.39, 0.29) is 24.7 Å². The van der Waals surface area contributed by atoms with Gasteiger partial charge in [0.1, 0.15) is 23.7 Å². The van der Waals surface area contributed by atoms with Gasteiger partial charge in [-0.1, -0.05) is 24.3 Å². The second kappa shape index (κ2) is 12.7. The number of alkyl halides is 1. The molecular formula is C34H37F2N5O3. The number of amides is 3. The van der Waals surface area contributed by atoms with Crippen molar-refractivity contribution in [3.63, 3.8) is 0 Å². The van der Waals surface area contributed by atoms with Crippen LogP contribution in [0.2, 0.25) is 0 Å². The largest absolute Gasteiger partial charge is 0.372 e. The maximum Gasteiger partial charge on any atom is 0.270 e. The molecule has 0 radical (unpaired) electrons. The lowest BCUT2D eigenvalue weighted by Gasteiger charge is -2.26. The summed E-state index contributed by atoms with van der Waals surface area (Å²) < 4.78 is 28.0. The Kier molecular flexibility index (Phi) is 8.59. The summed E-state index contributed by atoms with van der Waals surface area (Å²) in [6.45, 7) is 3.33. The lowest BCUT2D eigenvalue weighted by Crippen LogP contribution is -2.49. The molecule has 0 unspecified atom stereocenters. The SMILES string of the molecule is C[C@H](NC(=O)[C@@H]1C[C@@H](F)CN1C(=O)CNC(=O)c1ccc2cc(F)ccc2n1)c1ccc(N2CCCC2)cc1/C=C/C1CC1. The highest BCUT2D eigenvalue weighted by molar-refractivity contribution is 5.97. The molecule has 44 heavy (non-hydrogen) atoms. The predicted molar refractivity (Wildman–Crippen MR) is 165 cm³/mol. The maximum atomic E-state index is 14.6. The van der Waals surface area contributed by atoms with Crippen LogP contribution in [-0.2, 0) is 9.59 Å². The maximum absolute atomic E-state index is 14.6. The summed E-state index contributed by atoms with van der Waals surface area (Å²) in [5.41, 5.74) is 3.68. The van der Waals surface area contributed by atoms with Gasteiger partial charge in [-0.05, 0) is 86.1 Å². The molecule has 8 nitrogen and oxygen atoms in total. The van der Waals surface area contributed by atoms with Gasteiger partial charge in [0, 0.05) is 30.6 Å². The van der Waals surface area contributed by atoms with Crippen molar-refractivity contribution in [1.82, 2.24) is 20.5 Å². The molecule has 3 aliphatic rings. The molecule has 3 atom stereocenters. The minimum atomic E-state index is -1.35. The highest BCUT2D eigenvalue weighted by Crippen LogP contribution is 2.33. The highest BCUT2D eigenvalue weighted by Gasteiger charge is 2.40. The van der Waals surface area contributed by atoms with E-state index in [1.165, 1.54) is 60.5 Å². The lowest BCUT2D eigenvalue weighted by molar-refractivity contribution is -0.138. The lowest BCUT2D eigenvalue weighted by atomic mass is 9.99. The van der Waals surface area contributed by atoms with E-state index in [0.29, 0.717) is 16.8 Å². The number of carbonyl (C=O) groups is 3. The van der Waals surface area contributed by atoms with Crippen molar-refractivity contribution < 1.29 is 23.2 Å². The number of hydrogen-bond donors (Lipinski definition) is 2. The molecule has 0 bridgehead atoms. The fraction of sp³-hybridized carbons (Fsp3) is 0.412. The Morgan fingerprint density at radius 2 is 1.86 bits per heavy atom. The third-order valence-electron chi connectivity index (χ3n) is 8.69. The van der Waals surface area contributed by atoms with Crippen LogP contribution in [0.3, 0.4) is 0 Å². The molecule has 3 heterocycles. The summed E-state index contributed by atoms with van der Waals surface area (Å²) in [7, 11) is 0. The van der Waals surface area contributed by atoms with Gasteiger partial charge in [0.2, 0.25) is 11.8 Å². The first-order chi connectivity index (χ1) is 21.2. The van der Waals surface area contributed by atoms with Gasteiger partial charge in [0.15, 0.2) is 0 Å². The van der Waals surface area contributed by atoms with Gasteiger partial charge >= 0.3 is 0 Å². The summed E-state index contributed by atoms with van der Waals surface area (Å²) in [5, 5.41) is 6.08. The Labute approximate surface area is 255 Å². The van der Waals surface area contributed by atoms with Gasteiger partial charge in [-0.15, -0.1) is 0 Å². The van der Waals surface area contributed by atoms with E-state index in [2.05, 4.69) is 44.8 Å². The minimum Gasteiger partial charge on any atom is -0.372 e. The fourth-order valence-corrected chi connectivity index (χ4v) is 6.07. The second-order valence-electron chi connectivity index (χ2n) is 12.0. The molecule has 6 rings (SSSR count). The van der Waals surface area contributed by atoms with E-state index in [1.807, 2.05) is 13.0 Å². The Morgan fingerprint density at radius 1 is 1.07 bits per heavy atom. The molecule has 3 fully saturated rings. The van der Waals surface area contributed by atoms with Gasteiger partial charge in [0.25, 0.3) is 5.91 Å². The number of hydrogen-bond acceptors (Lipinski definition) is 5. The first kappa shape index (κ1) is 29.7. The van der Waals surface area contributed by atoms with E-state index in [4.69, 9.17) is 0 Å². The number of benzene rings is 2. The average molecular weight is 602 g/mol. The molecule has 230 valence electrons. The number of nitrogens with one attached hydrogen (secondary N) is 2. The highest BCUT2D eigenvalue weighted by atomic mass is 19.1. The Morgan fingerprint density at radius 3 is 2.64 bits per heavy atom. The number of halogens is 2. The van der Waals surface area contributed by atoms with Crippen molar-refractivity contribution >= 4 is 40.4 Å². The summed E-state index contributed by atoms with van der Waals surface area (Å²) in [4.78, 5) is 47.1. The van der Waals surface area contributed by atoms with Gasteiger partial charge in [0.05, 0.1) is 24.6 Å². The standard InChI is InChI=1S/C34H37F2N5O3/c1-21(28-11-10-27(40-14-2-3-15-40)17-23(28)7-6-22-4-5-22)38-34(44)31-18-26(36)20-41(31)32(42)19-37-33(43)30-12-8-24-16-25(35)9-13-29(24)39-30/h6-13,16-17,21-22,26,31H,2-5,14-15,18-20H2,1H3,(H,37,43)(H,38,44)/b7-6+/t21-,26+,31-/m0/s1. The minimum absolute atomic E-state index is 0.0621. The van der Waals surface area contributed by atoms with Crippen LogP contribution in [0, 0.1) is 11.7 Å². The molecule has 3 amide bonds. The summed E-state index contributed by atoms with van der Waals surface area (Å²) in [6.07, 6.45) is 7.67. The fourth-order valence-electron chi connectivity index (χ4n) is 6.07. The third-order valence-corrected chi connectivity index (χ3v) is 8.69. The van der Waals surface area contributed by atoms with Crippen molar-refractivity contribution in [2.24, 2.45) is 5.92 Å². The number of rotatable bonds is 9. The molecule has 2 aliphatic heterocycles. The van der Waals surface area contributed by atoms with Crippen molar-refractivity contribution in [2.45, 2.75) is 57.3 Å². The van der Waals surface area contributed by atoms with Crippen LogP contribution in [0.15, 0.2) is 54.6 Å². The predicted octanol–water partition coefficient (Wildman–Crippen LogP) is 4.94. The second-order valence-corrected chi connectivity index (χ2v) is 12.0. The zero-order valence-corrected chi connectivity index (χ0v) is 24.8. The van der Waals surface area contributed by atoms with Crippen molar-refractivity contribution in [3.8, 4) is 0 Å². The Balaban J connectivity index is 1.10. The van der Waals surface area contributed by atoms with Crippen LogP contribution in [0.4, 0.5) is 14.5 Å². The van der Waals surface area contributed by atoms with Crippen LogP contribution in [0.25, 0.3) is 17.0 Å². The van der Waals surface area contributed by atoms with Crippen LogP contribution in [0.1, 0.15) is 66.7 Å². The zero-order valence-electron chi connectivity index (χ0n) is 24.8. The summed E-state index contributed by atoms with van der Waals surface area (Å²) in [6, 6.07) is 12.0. The average Bonchev–Trinajstić information content (AvgIpc) is 3.51. The number of likely N-dealkylation sites (tertiary alicyclic amines) is 1. The molecular weight excluding hydrogens is 564 g/mol. The number of fused-ring (bicyclic) bond motifs is 1. The van der Waals surface area contributed by atoms with Gasteiger partial charge in [-0.25, -0.2) is 13.8 Å². The van der Waals surface area contributed by atoms with Gasteiger partial charge in [-0.2, -0.15) is 0 Å². The van der Waals surface area contributed by atoms with E-state index in [0.717, 1.165) is 24.2 Å². The van der Waals surface area contributed by atoms with Crippen LogP contribution in [0.5, 0.6) is 0 Å². The topological polar surface area (TPSA) is 94.6 Å². The molecule has 2 saturated heterocycles. The van der Waals surface area contributed by atoms with Gasteiger partial charge < -0.3 is 20.4 Å². The monoisotopic (exact) mass is 601 g/mol. The van der Waals surface area contributed by atoms with E-state index >= 15 is 0 Å². The van der Waals surface area contributed by atoms with Crippen molar-refractivity contribution in [2.75, 3.05) is 31.1 Å². The number of allylic oxidation sites excluding steroid dienone is 1. The molecule has 1 aromatic heterocycles. The molecule has 2 aromatic carbocycles. The van der Waals surface area contributed by atoms with Gasteiger partial charge in [-0.3, -0.25) is 14.4 Å². The number of nitrogens with zero attached hydrogens (tertiary/aromatic N) is 3. The van der Waals surface area contributed by atoms with E-state index < -0.39 is 42.3 Å². The first-order valence-electron chi connectivity index (χ1n) is 15.4. The Hall–Kier alpha value is -4.34. The van der Waals surface area contributed by atoms with Crippen molar-refractivity contribution in [1.29, 1.82) is 0 Å². The van der Waals surface area contributed by atoms with Crippen LogP contribution < -0.4 is 15.5 Å².